The Morgan fingerprint density at radius 1 is 0.686 bits per heavy atom. The van der Waals surface area contributed by atoms with Crippen LogP contribution in [0.2, 0.25) is 0 Å². The van der Waals surface area contributed by atoms with Gasteiger partial charge in [0.25, 0.3) is 17.7 Å². The quantitative estimate of drug-likeness (QED) is 0.0633. The summed E-state index contributed by atoms with van der Waals surface area (Å²) in [5.41, 5.74) is 3.51. The number of aryl methyl sites for hydroxylation is 5. The highest BCUT2D eigenvalue weighted by Gasteiger charge is 2.21. The Labute approximate surface area is 295 Å². The number of carbonyl (C=O) groups excluding carboxylic acids is 3. The van der Waals surface area contributed by atoms with Gasteiger partial charge in [-0.15, -0.1) is 0 Å². The molecule has 17 nitrogen and oxygen atoms in total. The Hall–Kier alpha value is -5.78. The molecule has 17 heteroatoms. The summed E-state index contributed by atoms with van der Waals surface area (Å²) in [6, 6.07) is 6.49. The highest BCUT2D eigenvalue weighted by Crippen LogP contribution is 2.25. The molecule has 2 unspecified atom stereocenters. The van der Waals surface area contributed by atoms with Crippen LogP contribution in [-0.2, 0) is 35.2 Å². The first-order chi connectivity index (χ1) is 24.2. The van der Waals surface area contributed by atoms with Crippen LogP contribution in [0, 0.1) is 0 Å². The van der Waals surface area contributed by atoms with Crippen molar-refractivity contribution in [2.45, 2.75) is 18.9 Å². The molecular formula is C34H46N12O5. The second-order valence-corrected chi connectivity index (χ2v) is 12.8. The lowest BCUT2D eigenvalue weighted by Gasteiger charge is -2.13. The van der Waals surface area contributed by atoms with Crippen molar-refractivity contribution in [3.05, 3.63) is 90.0 Å². The van der Waals surface area contributed by atoms with E-state index in [9.17, 15) is 24.6 Å². The molecule has 5 rings (SSSR count). The zero-order chi connectivity index (χ0) is 37.0. The molecule has 0 bridgehead atoms. The van der Waals surface area contributed by atoms with Crippen LogP contribution >= 0.6 is 0 Å². The number of anilines is 4. The van der Waals surface area contributed by atoms with Crippen LogP contribution in [-0.4, -0.2) is 87.8 Å². The third-order valence-corrected chi connectivity index (χ3v) is 8.33. The van der Waals surface area contributed by atoms with Crippen LogP contribution in [0.4, 0.5) is 22.7 Å². The van der Waals surface area contributed by atoms with E-state index in [4.69, 9.17) is 0 Å². The molecule has 5 heterocycles. The summed E-state index contributed by atoms with van der Waals surface area (Å²) in [6.07, 6.45) is 8.59. The fraction of sp³-hybridized carbons (Fsp3) is 0.353. The first kappa shape index (κ1) is 36.5. The zero-order valence-electron chi connectivity index (χ0n) is 29.8. The van der Waals surface area contributed by atoms with E-state index in [1.165, 1.54) is 0 Å². The lowest BCUT2D eigenvalue weighted by atomic mass is 10.3. The van der Waals surface area contributed by atoms with Crippen molar-refractivity contribution in [1.82, 2.24) is 38.0 Å². The minimum Gasteiger partial charge on any atom is -0.368 e. The summed E-state index contributed by atoms with van der Waals surface area (Å²) >= 11 is 0. The van der Waals surface area contributed by atoms with Crippen LogP contribution < -0.4 is 26.6 Å². The summed E-state index contributed by atoms with van der Waals surface area (Å²) in [5, 5.41) is 36.1. The molecule has 0 radical (unpaired) electrons. The Morgan fingerprint density at radius 2 is 1.18 bits per heavy atom. The van der Waals surface area contributed by atoms with E-state index < -0.39 is 18.4 Å². The number of nitrogens with zero attached hydrogens (tertiary/aromatic N) is 7. The van der Waals surface area contributed by atoms with E-state index in [-0.39, 0.29) is 11.8 Å². The second-order valence-electron chi connectivity index (χ2n) is 12.8. The predicted octanol–water partition coefficient (Wildman–Crippen LogP) is 2.17. The third kappa shape index (κ3) is 8.69. The lowest BCUT2D eigenvalue weighted by Crippen LogP contribution is -2.28. The van der Waals surface area contributed by atoms with Crippen LogP contribution in [0.25, 0.3) is 0 Å². The van der Waals surface area contributed by atoms with Gasteiger partial charge >= 0.3 is 0 Å². The second kappa shape index (κ2) is 15.4. The predicted molar refractivity (Wildman–Crippen MR) is 193 cm³/mol. The van der Waals surface area contributed by atoms with E-state index in [1.807, 2.05) is 19.0 Å². The smallest absolute Gasteiger partial charge is 0.272 e. The average molecular weight is 703 g/mol. The average Bonchev–Trinajstić information content (AvgIpc) is 3.88. The van der Waals surface area contributed by atoms with Crippen molar-refractivity contribution in [2.75, 3.05) is 48.5 Å². The van der Waals surface area contributed by atoms with E-state index >= 15 is 0 Å². The molecule has 0 aliphatic rings. The fourth-order valence-corrected chi connectivity index (χ4v) is 5.69. The molecule has 0 saturated heterocycles. The van der Waals surface area contributed by atoms with Crippen molar-refractivity contribution < 1.29 is 24.6 Å². The van der Waals surface area contributed by atoms with Gasteiger partial charge in [0, 0.05) is 79.0 Å². The maximum absolute atomic E-state index is 13.2. The maximum atomic E-state index is 13.2. The van der Waals surface area contributed by atoms with E-state index in [0.29, 0.717) is 57.9 Å². The number of aliphatic hydroxyl groups excluding tert-OH is 2. The molecule has 272 valence electrons. The maximum Gasteiger partial charge on any atom is 0.272 e. The fourth-order valence-electron chi connectivity index (χ4n) is 5.69. The number of rotatable bonds is 15. The lowest BCUT2D eigenvalue weighted by molar-refractivity contribution is 0.0942. The summed E-state index contributed by atoms with van der Waals surface area (Å²) in [5.74, 6) is -0.572. The number of hydrogen-bond donors (Lipinski definition) is 7. The Bertz CT molecular complexity index is 2010. The van der Waals surface area contributed by atoms with Gasteiger partial charge in [-0.1, -0.05) is 0 Å². The summed E-state index contributed by atoms with van der Waals surface area (Å²) in [7, 11) is 12.6. The molecule has 7 N–H and O–H groups in total. The standard InChI is InChI=1S/C34H46N12O5/c1-41(2)11-8-9-36-30(47)25-13-21(17-43(25)4)37-31(48)26-14-22(18-44(26)5)38-32(49)27-15-23(19-45(27)6)39-33(50)28-16-24(20-46(28)7)40-34(51)29-35-10-12-42(29)3/h10,12-20,32,34,38,40,49,51H,8-9,11H2,1-7H3,(H,36,47)(H,37,48)(H,39,50). The van der Waals surface area contributed by atoms with Gasteiger partial charge in [0.1, 0.15) is 17.1 Å². The van der Waals surface area contributed by atoms with Crippen molar-refractivity contribution in [3.63, 3.8) is 0 Å². The number of hydrogen-bond acceptors (Lipinski definition) is 9. The Balaban J connectivity index is 1.18. The summed E-state index contributed by atoms with van der Waals surface area (Å²) < 4.78 is 8.29. The van der Waals surface area contributed by atoms with Crippen molar-refractivity contribution in [1.29, 1.82) is 0 Å². The van der Waals surface area contributed by atoms with Gasteiger partial charge in [0.15, 0.2) is 18.3 Å². The summed E-state index contributed by atoms with van der Waals surface area (Å²) in [6.45, 7) is 1.40. The minimum atomic E-state index is -1.18. The number of amides is 3. The van der Waals surface area contributed by atoms with Gasteiger partial charge in [0.2, 0.25) is 0 Å². The van der Waals surface area contributed by atoms with Crippen LogP contribution in [0.3, 0.4) is 0 Å². The highest BCUT2D eigenvalue weighted by molar-refractivity contribution is 6.05. The normalized spacial score (nSPS) is 12.5. The zero-order valence-corrected chi connectivity index (χ0v) is 29.8. The van der Waals surface area contributed by atoms with E-state index in [1.54, 1.807) is 120 Å². The van der Waals surface area contributed by atoms with Crippen LogP contribution in [0.1, 0.15) is 61.9 Å². The van der Waals surface area contributed by atoms with E-state index in [2.05, 4.69) is 31.6 Å². The minimum absolute atomic E-state index is 0.223. The monoisotopic (exact) mass is 702 g/mol. The van der Waals surface area contributed by atoms with Crippen LogP contribution in [0.15, 0.2) is 61.4 Å². The molecule has 0 aromatic carbocycles. The number of carbonyl (C=O) groups is 3. The largest absolute Gasteiger partial charge is 0.368 e. The number of nitrogens with one attached hydrogen (secondary N) is 5. The van der Waals surface area contributed by atoms with Gasteiger partial charge in [-0.2, -0.15) is 0 Å². The highest BCUT2D eigenvalue weighted by atomic mass is 16.3. The van der Waals surface area contributed by atoms with Gasteiger partial charge in [-0.25, -0.2) is 4.98 Å². The summed E-state index contributed by atoms with van der Waals surface area (Å²) in [4.78, 5) is 45.2. The van der Waals surface area contributed by atoms with Gasteiger partial charge in [-0.3, -0.25) is 14.4 Å². The number of aromatic nitrogens is 6. The molecule has 5 aromatic rings. The molecular weight excluding hydrogens is 656 g/mol. The Kier molecular flexibility index (Phi) is 11.0. The third-order valence-electron chi connectivity index (χ3n) is 8.33. The van der Waals surface area contributed by atoms with Gasteiger partial charge < -0.3 is 64.5 Å². The molecule has 0 aliphatic carbocycles. The molecule has 0 saturated carbocycles. The van der Waals surface area contributed by atoms with Crippen molar-refractivity contribution >= 4 is 40.5 Å². The molecule has 51 heavy (non-hydrogen) atoms. The molecule has 0 spiro atoms. The molecule has 3 amide bonds. The SMILES string of the molecule is CN(C)CCCNC(=O)c1cc(NC(=O)c2cc(NC(O)c3cc(NC(=O)c4cc(NC(O)c5nccn5C)cn4C)cn3C)cn2C)cn1C. The van der Waals surface area contributed by atoms with Crippen LogP contribution in [0.5, 0.6) is 0 Å². The first-order valence-electron chi connectivity index (χ1n) is 16.3. The number of aliphatic hydroxyl groups is 2. The topological polar surface area (TPSA) is 193 Å². The van der Waals surface area contributed by atoms with Gasteiger partial charge in [0.05, 0.1) is 28.4 Å². The van der Waals surface area contributed by atoms with Gasteiger partial charge in [-0.05, 0) is 51.3 Å². The molecule has 2 atom stereocenters. The first-order valence-corrected chi connectivity index (χ1v) is 16.3. The molecule has 5 aromatic heterocycles. The Morgan fingerprint density at radius 3 is 1.73 bits per heavy atom. The number of imidazole rings is 1. The molecule has 0 fully saturated rings. The van der Waals surface area contributed by atoms with Crippen molar-refractivity contribution in [2.24, 2.45) is 35.2 Å². The van der Waals surface area contributed by atoms with Crippen molar-refractivity contribution in [3.8, 4) is 0 Å². The van der Waals surface area contributed by atoms with E-state index in [0.717, 1.165) is 13.0 Å². The molecule has 0 aliphatic heterocycles.